The van der Waals surface area contributed by atoms with Gasteiger partial charge in [-0.05, 0) is 51.8 Å². The van der Waals surface area contributed by atoms with Crippen LogP contribution in [0.25, 0.3) is 10.8 Å². The van der Waals surface area contributed by atoms with Crippen LogP contribution in [0.5, 0.6) is 5.75 Å². The molecular weight excluding hydrogens is 354 g/mol. The molecule has 3 rings (SSSR count). The van der Waals surface area contributed by atoms with E-state index >= 15 is 0 Å². The van der Waals surface area contributed by atoms with E-state index in [4.69, 9.17) is 4.74 Å². The van der Waals surface area contributed by atoms with Gasteiger partial charge < -0.3 is 10.1 Å². The Morgan fingerprint density at radius 2 is 1.78 bits per heavy atom. The standard InChI is InChI=1S/C19H16BrNO2/c1-13-6-9-15(10-7-13)21-18(22)12-23-17-11-8-14-4-2-3-5-16(14)19(17)20/h2-11H,12H2,1H3,(H,21,22). The topological polar surface area (TPSA) is 38.3 Å². The van der Waals surface area contributed by atoms with Crippen LogP contribution >= 0.6 is 15.9 Å². The van der Waals surface area contributed by atoms with Crippen LogP contribution in [-0.4, -0.2) is 12.5 Å². The SMILES string of the molecule is Cc1ccc(NC(=O)COc2ccc3ccccc3c2Br)cc1. The van der Waals surface area contributed by atoms with Crippen LogP contribution in [0.1, 0.15) is 5.56 Å². The highest BCUT2D eigenvalue weighted by Crippen LogP contribution is 2.32. The van der Waals surface area contributed by atoms with Gasteiger partial charge >= 0.3 is 0 Å². The minimum Gasteiger partial charge on any atom is -0.483 e. The summed E-state index contributed by atoms with van der Waals surface area (Å²) in [6.07, 6.45) is 0. The van der Waals surface area contributed by atoms with Crippen molar-refractivity contribution < 1.29 is 9.53 Å². The molecule has 0 spiro atoms. The molecule has 0 saturated heterocycles. The predicted molar refractivity (Wildman–Crippen MR) is 97.0 cm³/mol. The molecule has 116 valence electrons. The van der Waals surface area contributed by atoms with Crippen molar-refractivity contribution in [3.8, 4) is 5.75 Å². The van der Waals surface area contributed by atoms with Crippen molar-refractivity contribution in [3.63, 3.8) is 0 Å². The molecule has 4 heteroatoms. The summed E-state index contributed by atoms with van der Waals surface area (Å²) in [7, 11) is 0. The molecule has 0 saturated carbocycles. The summed E-state index contributed by atoms with van der Waals surface area (Å²) in [5.41, 5.74) is 1.92. The number of carbonyl (C=O) groups is 1. The fourth-order valence-electron chi connectivity index (χ4n) is 2.30. The average Bonchev–Trinajstić information content (AvgIpc) is 2.57. The number of aryl methyl sites for hydroxylation is 1. The summed E-state index contributed by atoms with van der Waals surface area (Å²) < 4.78 is 6.50. The lowest BCUT2D eigenvalue weighted by Crippen LogP contribution is -2.20. The summed E-state index contributed by atoms with van der Waals surface area (Å²) in [6, 6.07) is 19.5. The molecule has 1 N–H and O–H groups in total. The fraction of sp³-hybridized carbons (Fsp3) is 0.105. The zero-order valence-electron chi connectivity index (χ0n) is 12.7. The van der Waals surface area contributed by atoms with Crippen LogP contribution in [0.4, 0.5) is 5.69 Å². The predicted octanol–water partition coefficient (Wildman–Crippen LogP) is 4.93. The molecule has 3 nitrogen and oxygen atoms in total. The number of carbonyl (C=O) groups excluding carboxylic acids is 1. The number of rotatable bonds is 4. The maximum absolute atomic E-state index is 12.0. The third-order valence-electron chi connectivity index (χ3n) is 3.52. The number of amides is 1. The second kappa shape index (κ2) is 6.84. The Morgan fingerprint density at radius 3 is 2.57 bits per heavy atom. The molecule has 3 aromatic carbocycles. The highest BCUT2D eigenvalue weighted by Gasteiger charge is 2.08. The van der Waals surface area contributed by atoms with E-state index in [9.17, 15) is 4.79 Å². The highest BCUT2D eigenvalue weighted by molar-refractivity contribution is 9.10. The van der Waals surface area contributed by atoms with Gasteiger partial charge in [0.25, 0.3) is 5.91 Å². The minimum atomic E-state index is -0.186. The summed E-state index contributed by atoms with van der Waals surface area (Å²) >= 11 is 3.55. The van der Waals surface area contributed by atoms with Gasteiger partial charge in [0.2, 0.25) is 0 Å². The first kappa shape index (κ1) is 15.6. The zero-order chi connectivity index (χ0) is 16.2. The van der Waals surface area contributed by atoms with Gasteiger partial charge in [-0.1, -0.05) is 48.0 Å². The molecule has 0 aliphatic carbocycles. The molecule has 0 unspecified atom stereocenters. The summed E-state index contributed by atoms with van der Waals surface area (Å²) in [6.45, 7) is 1.97. The third-order valence-corrected chi connectivity index (χ3v) is 4.34. The summed E-state index contributed by atoms with van der Waals surface area (Å²) in [4.78, 5) is 12.0. The molecule has 0 aliphatic rings. The van der Waals surface area contributed by atoms with Crippen LogP contribution in [0, 0.1) is 6.92 Å². The fourth-order valence-corrected chi connectivity index (χ4v) is 2.91. The van der Waals surface area contributed by atoms with Gasteiger partial charge in [0.15, 0.2) is 6.61 Å². The second-order valence-electron chi connectivity index (χ2n) is 5.30. The molecule has 0 bridgehead atoms. The Labute approximate surface area is 143 Å². The van der Waals surface area contributed by atoms with Gasteiger partial charge in [0, 0.05) is 5.69 Å². The Hall–Kier alpha value is -2.33. The van der Waals surface area contributed by atoms with E-state index in [1.165, 1.54) is 0 Å². The largest absolute Gasteiger partial charge is 0.483 e. The van der Waals surface area contributed by atoms with Crippen molar-refractivity contribution in [3.05, 3.63) is 70.7 Å². The molecular formula is C19H16BrNO2. The van der Waals surface area contributed by atoms with Crippen LogP contribution in [0.15, 0.2) is 65.1 Å². The Morgan fingerprint density at radius 1 is 1.04 bits per heavy atom. The normalized spacial score (nSPS) is 10.5. The summed E-state index contributed by atoms with van der Waals surface area (Å²) in [5.74, 6) is 0.469. The molecule has 3 aromatic rings. The van der Waals surface area contributed by atoms with Crippen molar-refractivity contribution >= 4 is 38.3 Å². The van der Waals surface area contributed by atoms with E-state index < -0.39 is 0 Å². The lowest BCUT2D eigenvalue weighted by molar-refractivity contribution is -0.118. The smallest absolute Gasteiger partial charge is 0.262 e. The van der Waals surface area contributed by atoms with Gasteiger partial charge in [-0.25, -0.2) is 0 Å². The Balaban J connectivity index is 1.67. The van der Waals surface area contributed by atoms with Gasteiger partial charge in [-0.2, -0.15) is 0 Å². The number of halogens is 1. The monoisotopic (exact) mass is 369 g/mol. The van der Waals surface area contributed by atoms with E-state index in [0.717, 1.165) is 26.5 Å². The molecule has 0 aliphatic heterocycles. The lowest BCUT2D eigenvalue weighted by atomic mass is 10.1. The molecule has 0 radical (unpaired) electrons. The summed E-state index contributed by atoms with van der Waals surface area (Å²) in [5, 5.41) is 5.00. The molecule has 23 heavy (non-hydrogen) atoms. The number of hydrogen-bond acceptors (Lipinski definition) is 2. The number of ether oxygens (including phenoxy) is 1. The quantitative estimate of drug-likeness (QED) is 0.707. The maximum Gasteiger partial charge on any atom is 0.262 e. The Bertz CT molecular complexity index is 844. The second-order valence-corrected chi connectivity index (χ2v) is 6.09. The van der Waals surface area contributed by atoms with Crippen molar-refractivity contribution in [1.29, 1.82) is 0 Å². The van der Waals surface area contributed by atoms with Crippen LogP contribution in [0.2, 0.25) is 0 Å². The van der Waals surface area contributed by atoms with Gasteiger partial charge in [0.1, 0.15) is 5.75 Å². The highest BCUT2D eigenvalue weighted by atomic mass is 79.9. The van der Waals surface area contributed by atoms with Crippen LogP contribution in [-0.2, 0) is 4.79 Å². The number of nitrogens with one attached hydrogen (secondary N) is 1. The van der Waals surface area contributed by atoms with E-state index in [1.807, 2.05) is 67.6 Å². The first-order chi connectivity index (χ1) is 11.1. The van der Waals surface area contributed by atoms with Crippen LogP contribution < -0.4 is 10.1 Å². The number of benzene rings is 3. The minimum absolute atomic E-state index is 0.0369. The van der Waals surface area contributed by atoms with Gasteiger partial charge in [-0.3, -0.25) is 4.79 Å². The first-order valence-electron chi connectivity index (χ1n) is 7.30. The molecule has 0 fully saturated rings. The Kier molecular flexibility index (Phi) is 4.63. The van der Waals surface area contributed by atoms with E-state index in [-0.39, 0.29) is 12.5 Å². The van der Waals surface area contributed by atoms with E-state index in [1.54, 1.807) is 0 Å². The van der Waals surface area contributed by atoms with E-state index in [2.05, 4.69) is 21.2 Å². The number of fused-ring (bicyclic) bond motifs is 1. The van der Waals surface area contributed by atoms with E-state index in [0.29, 0.717) is 5.75 Å². The molecule has 0 aromatic heterocycles. The van der Waals surface area contributed by atoms with Gasteiger partial charge in [-0.15, -0.1) is 0 Å². The molecule has 0 heterocycles. The van der Waals surface area contributed by atoms with Crippen molar-refractivity contribution in [1.82, 2.24) is 0 Å². The van der Waals surface area contributed by atoms with Gasteiger partial charge in [0.05, 0.1) is 4.47 Å². The molecule has 1 amide bonds. The third kappa shape index (κ3) is 3.71. The molecule has 0 atom stereocenters. The first-order valence-corrected chi connectivity index (χ1v) is 8.09. The number of hydrogen-bond donors (Lipinski definition) is 1. The van der Waals surface area contributed by atoms with Crippen molar-refractivity contribution in [2.75, 3.05) is 11.9 Å². The lowest BCUT2D eigenvalue weighted by Gasteiger charge is -2.11. The van der Waals surface area contributed by atoms with Crippen LogP contribution in [0.3, 0.4) is 0 Å². The maximum atomic E-state index is 12.0. The van der Waals surface area contributed by atoms with Crippen molar-refractivity contribution in [2.24, 2.45) is 0 Å². The zero-order valence-corrected chi connectivity index (χ0v) is 14.3. The average molecular weight is 370 g/mol. The van der Waals surface area contributed by atoms with Crippen molar-refractivity contribution in [2.45, 2.75) is 6.92 Å². The number of anilines is 1.